The van der Waals surface area contributed by atoms with Crippen LogP contribution in [0.25, 0.3) is 0 Å². The van der Waals surface area contributed by atoms with Crippen molar-refractivity contribution in [1.29, 1.82) is 0 Å². The number of benzene rings is 1. The van der Waals surface area contributed by atoms with E-state index in [0.717, 1.165) is 25.3 Å². The van der Waals surface area contributed by atoms with Crippen molar-refractivity contribution >= 4 is 17.7 Å². The molecule has 2 rings (SSSR count). The van der Waals surface area contributed by atoms with Crippen LogP contribution in [0.2, 0.25) is 0 Å². The molecule has 0 spiro atoms. The Labute approximate surface area is 114 Å². The van der Waals surface area contributed by atoms with E-state index in [1.165, 1.54) is 11.3 Å². The lowest BCUT2D eigenvalue weighted by molar-refractivity contribution is -0.132. The molecule has 1 unspecified atom stereocenters. The fraction of sp³-hybridized carbons (Fsp3) is 0.533. The highest BCUT2D eigenvalue weighted by atomic mass is 32.2. The van der Waals surface area contributed by atoms with E-state index in [4.69, 9.17) is 0 Å². The van der Waals surface area contributed by atoms with Gasteiger partial charge in [-0.05, 0) is 30.9 Å². The van der Waals surface area contributed by atoms with Gasteiger partial charge in [-0.1, -0.05) is 25.1 Å². The highest BCUT2D eigenvalue weighted by molar-refractivity contribution is 7.99. The molecule has 0 aliphatic carbocycles. The molecular formula is C15H21NOS. The lowest BCUT2D eigenvalue weighted by Gasteiger charge is -2.32. The van der Waals surface area contributed by atoms with Gasteiger partial charge in [-0.15, -0.1) is 11.8 Å². The number of hydrogen-bond acceptors (Lipinski definition) is 2. The smallest absolute Gasteiger partial charge is 0.222 e. The second kappa shape index (κ2) is 6.83. The molecule has 0 aromatic heterocycles. The summed E-state index contributed by atoms with van der Waals surface area (Å²) < 4.78 is 0. The van der Waals surface area contributed by atoms with Gasteiger partial charge in [-0.2, -0.15) is 0 Å². The standard InChI is InChI=1S/C15H21NOS/c1-2-15(17)16-10-6-7-13(11-16)12-18-14-8-4-3-5-9-14/h3-5,8-9,13H,2,6-7,10-12H2,1H3. The number of carbonyl (C=O) groups is 1. The Kier molecular flexibility index (Phi) is 5.12. The second-order valence-corrected chi connectivity index (χ2v) is 5.92. The van der Waals surface area contributed by atoms with E-state index in [1.807, 2.05) is 29.7 Å². The van der Waals surface area contributed by atoms with Crippen molar-refractivity contribution in [2.75, 3.05) is 18.8 Å². The van der Waals surface area contributed by atoms with Crippen LogP contribution in [0.4, 0.5) is 0 Å². The minimum absolute atomic E-state index is 0.310. The van der Waals surface area contributed by atoms with E-state index in [2.05, 4.69) is 24.3 Å². The first kappa shape index (κ1) is 13.5. The maximum Gasteiger partial charge on any atom is 0.222 e. The Balaban J connectivity index is 1.81. The molecule has 0 saturated carbocycles. The van der Waals surface area contributed by atoms with Gasteiger partial charge >= 0.3 is 0 Å². The Morgan fingerprint density at radius 2 is 2.17 bits per heavy atom. The van der Waals surface area contributed by atoms with Crippen molar-refractivity contribution in [3.05, 3.63) is 30.3 Å². The van der Waals surface area contributed by atoms with Gasteiger partial charge in [0.2, 0.25) is 5.91 Å². The first-order valence-corrected chi connectivity index (χ1v) is 7.73. The molecule has 98 valence electrons. The predicted molar refractivity (Wildman–Crippen MR) is 76.8 cm³/mol. The van der Waals surface area contributed by atoms with Crippen LogP contribution in [0.15, 0.2) is 35.2 Å². The fourth-order valence-corrected chi connectivity index (χ4v) is 3.43. The molecule has 3 heteroatoms. The number of nitrogens with zero attached hydrogens (tertiary/aromatic N) is 1. The molecule has 1 saturated heterocycles. The largest absolute Gasteiger partial charge is 0.342 e. The zero-order chi connectivity index (χ0) is 12.8. The Bertz CT molecular complexity index is 379. The van der Waals surface area contributed by atoms with Crippen LogP contribution >= 0.6 is 11.8 Å². The van der Waals surface area contributed by atoms with Crippen molar-refractivity contribution in [3.63, 3.8) is 0 Å². The third kappa shape index (κ3) is 3.77. The molecule has 1 atom stereocenters. The van der Waals surface area contributed by atoms with Gasteiger partial charge in [0.1, 0.15) is 0 Å². The molecule has 1 heterocycles. The maximum atomic E-state index is 11.7. The fourth-order valence-electron chi connectivity index (χ4n) is 2.38. The third-order valence-electron chi connectivity index (χ3n) is 3.40. The summed E-state index contributed by atoms with van der Waals surface area (Å²) in [5.41, 5.74) is 0. The SMILES string of the molecule is CCC(=O)N1CCCC(CSc2ccccc2)C1. The number of carbonyl (C=O) groups excluding carboxylic acids is 1. The van der Waals surface area contributed by atoms with Crippen LogP contribution in [-0.2, 0) is 4.79 Å². The minimum Gasteiger partial charge on any atom is -0.342 e. The van der Waals surface area contributed by atoms with E-state index in [0.29, 0.717) is 18.2 Å². The van der Waals surface area contributed by atoms with E-state index < -0.39 is 0 Å². The number of piperidine rings is 1. The van der Waals surface area contributed by atoms with E-state index >= 15 is 0 Å². The Hall–Kier alpha value is -0.960. The van der Waals surface area contributed by atoms with Crippen molar-refractivity contribution < 1.29 is 4.79 Å². The summed E-state index contributed by atoms with van der Waals surface area (Å²) in [4.78, 5) is 15.1. The van der Waals surface area contributed by atoms with Crippen LogP contribution in [0.5, 0.6) is 0 Å². The summed E-state index contributed by atoms with van der Waals surface area (Å²) in [6.45, 7) is 3.86. The van der Waals surface area contributed by atoms with Gasteiger partial charge in [0.25, 0.3) is 0 Å². The average Bonchev–Trinajstić information content (AvgIpc) is 2.45. The van der Waals surface area contributed by atoms with Crippen LogP contribution < -0.4 is 0 Å². The Morgan fingerprint density at radius 1 is 1.39 bits per heavy atom. The topological polar surface area (TPSA) is 20.3 Å². The van der Waals surface area contributed by atoms with Gasteiger partial charge in [-0.3, -0.25) is 4.79 Å². The lowest BCUT2D eigenvalue weighted by atomic mass is 10.00. The number of likely N-dealkylation sites (tertiary alicyclic amines) is 1. The molecule has 2 nitrogen and oxygen atoms in total. The molecule has 1 aromatic rings. The molecule has 1 aromatic carbocycles. The third-order valence-corrected chi connectivity index (χ3v) is 4.65. The molecule has 1 amide bonds. The monoisotopic (exact) mass is 263 g/mol. The quantitative estimate of drug-likeness (QED) is 0.776. The summed E-state index contributed by atoms with van der Waals surface area (Å²) in [7, 11) is 0. The van der Waals surface area contributed by atoms with Crippen LogP contribution in [-0.4, -0.2) is 29.6 Å². The van der Waals surface area contributed by atoms with Crippen molar-refractivity contribution in [3.8, 4) is 0 Å². The number of thioether (sulfide) groups is 1. The highest BCUT2D eigenvalue weighted by Gasteiger charge is 2.22. The Morgan fingerprint density at radius 3 is 2.89 bits per heavy atom. The molecule has 0 bridgehead atoms. The van der Waals surface area contributed by atoms with E-state index in [-0.39, 0.29) is 0 Å². The summed E-state index contributed by atoms with van der Waals surface area (Å²) in [5.74, 6) is 2.08. The van der Waals surface area contributed by atoms with Gasteiger partial charge in [-0.25, -0.2) is 0 Å². The molecule has 1 aliphatic rings. The van der Waals surface area contributed by atoms with E-state index in [1.54, 1.807) is 0 Å². The van der Waals surface area contributed by atoms with E-state index in [9.17, 15) is 4.79 Å². The molecule has 1 aliphatic heterocycles. The first-order valence-electron chi connectivity index (χ1n) is 6.75. The first-order chi connectivity index (χ1) is 8.79. The number of amides is 1. The molecular weight excluding hydrogens is 242 g/mol. The number of hydrogen-bond donors (Lipinski definition) is 0. The van der Waals surface area contributed by atoms with Crippen LogP contribution in [0.1, 0.15) is 26.2 Å². The number of rotatable bonds is 4. The molecule has 1 fully saturated rings. The van der Waals surface area contributed by atoms with Gasteiger partial charge < -0.3 is 4.90 Å². The predicted octanol–water partition coefficient (Wildman–Crippen LogP) is 3.43. The highest BCUT2D eigenvalue weighted by Crippen LogP contribution is 2.25. The summed E-state index contributed by atoms with van der Waals surface area (Å²) in [5, 5.41) is 0. The molecule has 18 heavy (non-hydrogen) atoms. The van der Waals surface area contributed by atoms with Crippen LogP contribution in [0, 0.1) is 5.92 Å². The van der Waals surface area contributed by atoms with Gasteiger partial charge in [0.15, 0.2) is 0 Å². The molecule has 0 radical (unpaired) electrons. The lowest BCUT2D eigenvalue weighted by Crippen LogP contribution is -2.40. The normalized spacial score (nSPS) is 19.8. The van der Waals surface area contributed by atoms with Gasteiger partial charge in [0, 0.05) is 30.2 Å². The minimum atomic E-state index is 0.310. The zero-order valence-corrected chi connectivity index (χ0v) is 11.8. The summed E-state index contributed by atoms with van der Waals surface area (Å²) >= 11 is 1.91. The average molecular weight is 263 g/mol. The second-order valence-electron chi connectivity index (χ2n) is 4.83. The van der Waals surface area contributed by atoms with Gasteiger partial charge in [0.05, 0.1) is 0 Å². The maximum absolute atomic E-state index is 11.7. The van der Waals surface area contributed by atoms with Crippen molar-refractivity contribution in [2.24, 2.45) is 5.92 Å². The summed E-state index contributed by atoms with van der Waals surface area (Å²) in [6, 6.07) is 10.5. The zero-order valence-electron chi connectivity index (χ0n) is 11.0. The molecule has 0 N–H and O–H groups in total. The van der Waals surface area contributed by atoms with Crippen LogP contribution in [0.3, 0.4) is 0 Å². The van der Waals surface area contributed by atoms with Crippen molar-refractivity contribution in [2.45, 2.75) is 31.1 Å². The van der Waals surface area contributed by atoms with Crippen molar-refractivity contribution in [1.82, 2.24) is 4.90 Å². The summed E-state index contributed by atoms with van der Waals surface area (Å²) in [6.07, 6.45) is 3.05.